The lowest BCUT2D eigenvalue weighted by Gasteiger charge is -2.53. The lowest BCUT2D eigenvalue weighted by Crippen LogP contribution is -2.74. The van der Waals surface area contributed by atoms with Gasteiger partial charge in [0.1, 0.15) is 16.2 Å². The van der Waals surface area contributed by atoms with Gasteiger partial charge < -0.3 is 21.1 Å². The number of hydrogen-bond acceptors (Lipinski definition) is 8. The molecule has 2 saturated heterocycles. The van der Waals surface area contributed by atoms with E-state index in [1.165, 1.54) is 34.9 Å². The Morgan fingerprint density at radius 2 is 2.20 bits per heavy atom. The topological polar surface area (TPSA) is 126 Å². The molecule has 4 N–H and O–H groups in total. The van der Waals surface area contributed by atoms with Crippen molar-refractivity contribution in [1.82, 2.24) is 15.2 Å². The van der Waals surface area contributed by atoms with Gasteiger partial charge in [-0.25, -0.2) is 4.98 Å². The summed E-state index contributed by atoms with van der Waals surface area (Å²) < 4.78 is -0.166. The Morgan fingerprint density at radius 1 is 1.43 bits per heavy atom. The van der Waals surface area contributed by atoms with Crippen LogP contribution in [0.5, 0.6) is 0 Å². The number of fused-ring (bicyclic) bond motifs is 1. The van der Waals surface area contributed by atoms with Gasteiger partial charge in [0.25, 0.3) is 0 Å². The largest absolute Gasteiger partial charge is 0.480 e. The molecule has 158 valence electrons. The number of halogens is 1. The molecular weight excluding hydrogens is 559 g/mol. The fourth-order valence-corrected chi connectivity index (χ4v) is 7.45. The Bertz CT molecular complexity index is 1020. The average molecular weight is 576 g/mol. The molecule has 2 fully saturated rings. The Hall–Kier alpha value is -1.51. The number of hydrogen-bond donors (Lipinski definition) is 3. The van der Waals surface area contributed by atoms with Crippen molar-refractivity contribution in [2.45, 2.75) is 27.5 Å². The number of carbonyl (C=O) groups excluding carboxylic acids is 2. The van der Waals surface area contributed by atoms with Crippen molar-refractivity contribution in [2.75, 3.05) is 18.0 Å². The number of aliphatic carboxylic acids is 1. The first-order valence-electron chi connectivity index (χ1n) is 8.87. The smallest absolute Gasteiger partial charge is 0.322 e. The first kappa shape index (κ1) is 21.7. The predicted molar refractivity (Wildman–Crippen MR) is 126 cm³/mol. The highest BCUT2D eigenvalue weighted by Crippen LogP contribution is 2.47. The third kappa shape index (κ3) is 4.14. The number of nitrogens with zero attached hydrogens (tertiary/aromatic N) is 2. The second-order valence-electron chi connectivity index (χ2n) is 6.90. The molecule has 3 heterocycles. The Labute approximate surface area is 198 Å². The Balaban J connectivity index is 1.42. The van der Waals surface area contributed by atoms with Crippen molar-refractivity contribution >= 4 is 80.4 Å². The highest BCUT2D eigenvalue weighted by molar-refractivity contribution is 14.1. The fraction of sp³-hybridized carbons (Fsp3) is 0.333. The predicted octanol–water partition coefficient (Wildman–Crippen LogP) is 1.89. The molecule has 1 aromatic heterocycles. The number of thioether (sulfide) groups is 2. The van der Waals surface area contributed by atoms with Crippen LogP contribution in [0.3, 0.4) is 0 Å². The molecule has 0 radical (unpaired) electrons. The highest BCUT2D eigenvalue weighted by atomic mass is 127. The van der Waals surface area contributed by atoms with Gasteiger partial charge in [-0.15, -0.1) is 34.9 Å². The molecule has 0 bridgehead atoms. The number of nitrogen functional groups attached to an aromatic ring is 1. The maximum atomic E-state index is 12.7. The number of carboxylic acids is 1. The van der Waals surface area contributed by atoms with Gasteiger partial charge in [-0.05, 0) is 34.7 Å². The summed E-state index contributed by atoms with van der Waals surface area (Å²) in [6.07, 6.45) is 0.0518. The molecule has 2 amide bonds. The summed E-state index contributed by atoms with van der Waals surface area (Å²) in [5.74, 6) is -1.17. The van der Waals surface area contributed by atoms with Crippen LogP contribution in [0.1, 0.15) is 5.69 Å². The number of thiazole rings is 1. The Morgan fingerprint density at radius 3 is 2.87 bits per heavy atom. The summed E-state index contributed by atoms with van der Waals surface area (Å²) in [6.45, 7) is 0.101. The number of carbonyl (C=O) groups is 3. The van der Waals surface area contributed by atoms with Gasteiger partial charge in [0.15, 0.2) is 5.13 Å². The third-order valence-electron chi connectivity index (χ3n) is 4.81. The van der Waals surface area contributed by atoms with E-state index in [1.54, 1.807) is 10.3 Å². The van der Waals surface area contributed by atoms with Crippen molar-refractivity contribution in [1.29, 1.82) is 0 Å². The molecule has 4 rings (SSSR count). The normalized spacial score (nSPS) is 25.4. The zero-order valence-electron chi connectivity index (χ0n) is 15.4. The van der Waals surface area contributed by atoms with Crippen LogP contribution in [0, 0.1) is 3.57 Å². The van der Waals surface area contributed by atoms with Crippen molar-refractivity contribution < 1.29 is 19.5 Å². The summed E-state index contributed by atoms with van der Waals surface area (Å²) >= 11 is 6.11. The number of carboxylic acid groups (broad SMARTS) is 1. The van der Waals surface area contributed by atoms with Crippen LogP contribution >= 0.6 is 57.5 Å². The number of benzene rings is 1. The summed E-state index contributed by atoms with van der Waals surface area (Å²) in [6, 6.07) is 6.94. The summed E-state index contributed by atoms with van der Waals surface area (Å²) in [5.41, 5.74) is 6.14. The molecule has 2 aromatic rings. The van der Waals surface area contributed by atoms with Crippen molar-refractivity contribution in [3.63, 3.8) is 0 Å². The van der Waals surface area contributed by atoms with Crippen LogP contribution < -0.4 is 11.1 Å². The fourth-order valence-electron chi connectivity index (χ4n) is 3.32. The maximum Gasteiger partial charge on any atom is 0.322 e. The second kappa shape index (κ2) is 8.55. The van der Waals surface area contributed by atoms with Crippen LogP contribution in [-0.4, -0.2) is 61.2 Å². The molecule has 0 saturated carbocycles. The molecule has 2 aliphatic rings. The molecule has 0 aliphatic carbocycles. The summed E-state index contributed by atoms with van der Waals surface area (Å²) in [4.78, 5) is 43.6. The first-order valence-corrected chi connectivity index (χ1v) is 12.7. The van der Waals surface area contributed by atoms with E-state index in [2.05, 4.69) is 32.9 Å². The van der Waals surface area contributed by atoms with E-state index in [0.717, 1.165) is 8.47 Å². The molecule has 12 heteroatoms. The van der Waals surface area contributed by atoms with E-state index in [0.29, 0.717) is 16.6 Å². The lowest BCUT2D eigenvalue weighted by atomic mass is 10.0. The van der Waals surface area contributed by atoms with Crippen molar-refractivity contribution in [3.05, 3.63) is 38.9 Å². The molecule has 2 unspecified atom stereocenters. The molecule has 0 spiro atoms. The lowest BCUT2D eigenvalue weighted by molar-refractivity contribution is -0.152. The number of aromatic nitrogens is 1. The van der Waals surface area contributed by atoms with E-state index >= 15 is 0 Å². The SMILES string of the molecule is Nc1nc(CC(=O)NC2C(=O)N3CC(Sc4ccccc4I)(C(=O)O)CS[C@H]23)cs1. The number of amides is 2. The van der Waals surface area contributed by atoms with Crippen molar-refractivity contribution in [2.24, 2.45) is 0 Å². The van der Waals surface area contributed by atoms with Crippen LogP contribution in [0.25, 0.3) is 0 Å². The zero-order valence-corrected chi connectivity index (χ0v) is 20.0. The number of nitrogens with one attached hydrogen (secondary N) is 1. The number of anilines is 1. The molecule has 2 aliphatic heterocycles. The number of rotatable bonds is 6. The summed E-state index contributed by atoms with van der Waals surface area (Å²) in [5, 5.41) is 14.6. The zero-order chi connectivity index (χ0) is 21.5. The first-order chi connectivity index (χ1) is 14.3. The number of β-lactam (4-membered cyclic amide) rings is 1. The standard InChI is InChI=1S/C18H17IN4O4S3/c19-10-3-1-2-4-11(10)30-18(16(26)27)7-23-14(25)13(15(23)29-8-18)22-12(24)5-9-6-28-17(20)21-9/h1-4,6,13,15H,5,7-8H2,(H2,20,21)(H,22,24)(H,26,27)/t13?,15-,18?/m1/s1. The minimum absolute atomic E-state index is 0.0518. The van der Waals surface area contributed by atoms with Gasteiger partial charge in [0, 0.05) is 26.1 Å². The van der Waals surface area contributed by atoms with E-state index in [1.807, 2.05) is 24.3 Å². The number of nitrogens with two attached hydrogens (primary N) is 1. The maximum absolute atomic E-state index is 12.7. The van der Waals surface area contributed by atoms with Gasteiger partial charge >= 0.3 is 5.97 Å². The van der Waals surface area contributed by atoms with E-state index in [4.69, 9.17) is 5.73 Å². The summed E-state index contributed by atoms with van der Waals surface area (Å²) in [7, 11) is 0. The minimum Gasteiger partial charge on any atom is -0.480 e. The van der Waals surface area contributed by atoms with E-state index < -0.39 is 16.8 Å². The quantitative estimate of drug-likeness (QED) is 0.352. The molecule has 30 heavy (non-hydrogen) atoms. The molecule has 1 aromatic carbocycles. The Kier molecular flexibility index (Phi) is 6.19. The van der Waals surface area contributed by atoms with Gasteiger partial charge in [-0.2, -0.15) is 0 Å². The van der Waals surface area contributed by atoms with E-state index in [9.17, 15) is 19.5 Å². The molecular formula is C18H17IN4O4S3. The van der Waals surface area contributed by atoms with Crippen molar-refractivity contribution in [3.8, 4) is 0 Å². The second-order valence-corrected chi connectivity index (χ2v) is 11.5. The van der Waals surface area contributed by atoms with Crippen LogP contribution in [0.15, 0.2) is 34.5 Å². The van der Waals surface area contributed by atoms with Gasteiger partial charge in [0.05, 0.1) is 12.1 Å². The van der Waals surface area contributed by atoms with Crippen LogP contribution in [0.2, 0.25) is 0 Å². The van der Waals surface area contributed by atoms with Gasteiger partial charge in [-0.3, -0.25) is 14.4 Å². The third-order valence-corrected chi connectivity index (χ3v) is 9.97. The minimum atomic E-state index is -1.13. The van der Waals surface area contributed by atoms with Crippen LogP contribution in [-0.2, 0) is 20.8 Å². The van der Waals surface area contributed by atoms with Gasteiger partial charge in [0.2, 0.25) is 11.8 Å². The average Bonchev–Trinajstić information content (AvgIpc) is 3.12. The van der Waals surface area contributed by atoms with E-state index in [-0.39, 0.29) is 30.2 Å². The molecule has 8 nitrogen and oxygen atoms in total. The van der Waals surface area contributed by atoms with Crippen LogP contribution in [0.4, 0.5) is 5.13 Å². The monoisotopic (exact) mass is 576 g/mol. The molecule has 3 atom stereocenters. The highest BCUT2D eigenvalue weighted by Gasteiger charge is 2.58. The van der Waals surface area contributed by atoms with Gasteiger partial charge in [-0.1, -0.05) is 12.1 Å².